The molecular weight excluding hydrogens is 226 g/mol. The molecule has 0 aliphatic heterocycles. The van der Waals surface area contributed by atoms with E-state index >= 15 is 0 Å². The van der Waals surface area contributed by atoms with Crippen LogP contribution in [0.5, 0.6) is 5.75 Å². The summed E-state index contributed by atoms with van der Waals surface area (Å²) in [5.41, 5.74) is 1.94. The van der Waals surface area contributed by atoms with Crippen LogP contribution in [0.25, 0.3) is 0 Å². The van der Waals surface area contributed by atoms with E-state index in [1.807, 2.05) is 0 Å². The van der Waals surface area contributed by atoms with Gasteiger partial charge in [0.25, 0.3) is 0 Å². The van der Waals surface area contributed by atoms with Crippen molar-refractivity contribution in [3.63, 3.8) is 0 Å². The summed E-state index contributed by atoms with van der Waals surface area (Å²) in [7, 11) is 1.60. The Morgan fingerprint density at radius 3 is 2.69 bits per heavy atom. The van der Waals surface area contributed by atoms with Crippen LogP contribution >= 0.6 is 11.6 Å². The van der Waals surface area contributed by atoms with Crippen LogP contribution in [0, 0.1) is 0 Å². The number of hydrogen-bond donors (Lipinski definition) is 0. The third kappa shape index (κ3) is 2.84. The van der Waals surface area contributed by atoms with Crippen molar-refractivity contribution in [1.29, 1.82) is 0 Å². The molecule has 0 unspecified atom stereocenters. The fraction of sp³-hybridized carbons (Fsp3) is 0.417. The highest BCUT2D eigenvalue weighted by atomic mass is 35.5. The molecule has 1 rings (SSSR count). The summed E-state index contributed by atoms with van der Waals surface area (Å²) in [5.74, 6) is 1.02. The Labute approximate surface area is 100 Å². The first-order valence-electron chi connectivity index (χ1n) is 5.00. The normalized spacial score (nSPS) is 10.1. The molecule has 16 heavy (non-hydrogen) atoms. The summed E-state index contributed by atoms with van der Waals surface area (Å²) in [6.07, 6.45) is 1.53. The Balaban J connectivity index is 3.31. The van der Waals surface area contributed by atoms with Gasteiger partial charge in [-0.15, -0.1) is 0 Å². The van der Waals surface area contributed by atoms with Gasteiger partial charge in [0.05, 0.1) is 13.7 Å². The third-order valence-corrected chi connectivity index (χ3v) is 2.52. The topological polar surface area (TPSA) is 38.7 Å². The van der Waals surface area contributed by atoms with E-state index in [0.29, 0.717) is 5.02 Å². The van der Waals surface area contributed by atoms with Crippen molar-refractivity contribution in [2.75, 3.05) is 7.11 Å². The molecule has 1 aromatic carbocycles. The van der Waals surface area contributed by atoms with Crippen molar-refractivity contribution >= 4 is 17.7 Å². The van der Waals surface area contributed by atoms with Crippen LogP contribution in [-0.2, 0) is 11.3 Å². The van der Waals surface area contributed by atoms with Gasteiger partial charge < -0.3 is 4.74 Å². The zero-order valence-corrected chi connectivity index (χ0v) is 10.3. The predicted molar refractivity (Wildman–Crippen MR) is 63.9 cm³/mol. The lowest BCUT2D eigenvalue weighted by atomic mass is 9.96. The summed E-state index contributed by atoms with van der Waals surface area (Å²) in [4.78, 5) is 13.7. The minimum Gasteiger partial charge on any atom is -0.496 e. The van der Waals surface area contributed by atoms with E-state index in [9.17, 15) is 4.79 Å². The summed E-state index contributed by atoms with van der Waals surface area (Å²) in [6, 6.07) is 3.57. The van der Waals surface area contributed by atoms with Crippen molar-refractivity contribution in [3.8, 4) is 5.75 Å². The second-order valence-corrected chi connectivity index (χ2v) is 4.18. The van der Waals surface area contributed by atoms with Gasteiger partial charge in [0.15, 0.2) is 0 Å². The number of ether oxygens (including phenoxy) is 1. The lowest BCUT2D eigenvalue weighted by Gasteiger charge is -2.16. The van der Waals surface area contributed by atoms with Gasteiger partial charge in [0, 0.05) is 10.6 Å². The Bertz CT molecular complexity index is 423. The average molecular weight is 240 g/mol. The van der Waals surface area contributed by atoms with Gasteiger partial charge in [0.1, 0.15) is 5.75 Å². The number of benzene rings is 1. The Kier molecular flexibility index (Phi) is 4.53. The standard InChI is InChI=1S/C12H14ClNO2/c1-8(2)12-9(6-14-7-15)4-10(13)5-11(12)16-3/h4-5,8H,6H2,1-3H3. The molecule has 0 saturated heterocycles. The van der Waals surface area contributed by atoms with E-state index < -0.39 is 0 Å². The third-order valence-electron chi connectivity index (χ3n) is 2.30. The summed E-state index contributed by atoms with van der Waals surface area (Å²) < 4.78 is 5.28. The van der Waals surface area contributed by atoms with Gasteiger partial charge >= 0.3 is 0 Å². The van der Waals surface area contributed by atoms with Crippen LogP contribution in [0.2, 0.25) is 5.02 Å². The highest BCUT2D eigenvalue weighted by Crippen LogP contribution is 2.33. The molecule has 4 heteroatoms. The second-order valence-electron chi connectivity index (χ2n) is 3.74. The van der Waals surface area contributed by atoms with Crippen LogP contribution < -0.4 is 4.74 Å². The maximum Gasteiger partial charge on any atom is 0.235 e. The number of aliphatic imine (C=N–C) groups is 1. The van der Waals surface area contributed by atoms with Crippen molar-refractivity contribution in [2.24, 2.45) is 4.99 Å². The number of rotatable bonds is 4. The molecule has 0 heterocycles. The van der Waals surface area contributed by atoms with Crippen molar-refractivity contribution in [1.82, 2.24) is 0 Å². The highest BCUT2D eigenvalue weighted by molar-refractivity contribution is 6.30. The summed E-state index contributed by atoms with van der Waals surface area (Å²) in [6.45, 7) is 4.40. The zero-order valence-electron chi connectivity index (χ0n) is 9.58. The number of hydrogen-bond acceptors (Lipinski definition) is 3. The van der Waals surface area contributed by atoms with E-state index in [4.69, 9.17) is 16.3 Å². The smallest absolute Gasteiger partial charge is 0.235 e. The lowest BCUT2D eigenvalue weighted by Crippen LogP contribution is -2.00. The Morgan fingerprint density at radius 2 is 2.19 bits per heavy atom. The summed E-state index contributed by atoms with van der Waals surface area (Å²) >= 11 is 5.96. The van der Waals surface area contributed by atoms with Crippen molar-refractivity contribution in [2.45, 2.75) is 26.3 Å². The fourth-order valence-electron chi connectivity index (χ4n) is 1.72. The molecule has 0 aliphatic carbocycles. The second kappa shape index (κ2) is 5.69. The molecule has 0 aromatic heterocycles. The average Bonchev–Trinajstić information content (AvgIpc) is 2.24. The van der Waals surface area contributed by atoms with E-state index in [1.54, 1.807) is 19.2 Å². The van der Waals surface area contributed by atoms with E-state index in [2.05, 4.69) is 18.8 Å². The minimum absolute atomic E-state index is 0.282. The van der Waals surface area contributed by atoms with Gasteiger partial charge in [-0.05, 0) is 23.6 Å². The highest BCUT2D eigenvalue weighted by Gasteiger charge is 2.14. The number of isocyanates is 1. The van der Waals surface area contributed by atoms with Crippen LogP contribution in [-0.4, -0.2) is 13.2 Å². The predicted octanol–water partition coefficient (Wildman–Crippen LogP) is 3.31. The number of nitrogens with zero attached hydrogens (tertiary/aromatic N) is 1. The Hall–Kier alpha value is -1.31. The molecule has 1 aromatic rings. The van der Waals surface area contributed by atoms with E-state index in [0.717, 1.165) is 16.9 Å². The van der Waals surface area contributed by atoms with Gasteiger partial charge in [0.2, 0.25) is 6.08 Å². The Morgan fingerprint density at radius 1 is 1.50 bits per heavy atom. The first kappa shape index (κ1) is 12.8. The number of methoxy groups -OCH3 is 1. The molecular formula is C12H14ClNO2. The summed E-state index contributed by atoms with van der Waals surface area (Å²) in [5, 5.41) is 0.581. The molecule has 0 fully saturated rings. The van der Waals surface area contributed by atoms with Crippen LogP contribution in [0.4, 0.5) is 0 Å². The van der Waals surface area contributed by atoms with E-state index in [1.165, 1.54) is 6.08 Å². The SMILES string of the molecule is COc1cc(Cl)cc(CN=C=O)c1C(C)C. The molecule has 86 valence electrons. The van der Waals surface area contributed by atoms with Gasteiger partial charge in [-0.3, -0.25) is 0 Å². The number of halogens is 1. The van der Waals surface area contributed by atoms with Crippen LogP contribution in [0.1, 0.15) is 30.9 Å². The zero-order chi connectivity index (χ0) is 12.1. The van der Waals surface area contributed by atoms with Crippen LogP contribution in [0.3, 0.4) is 0 Å². The van der Waals surface area contributed by atoms with E-state index in [-0.39, 0.29) is 12.5 Å². The lowest BCUT2D eigenvalue weighted by molar-refractivity contribution is 0.406. The molecule has 0 atom stereocenters. The molecule has 0 amide bonds. The molecule has 0 N–H and O–H groups in total. The van der Waals surface area contributed by atoms with Crippen molar-refractivity contribution < 1.29 is 9.53 Å². The van der Waals surface area contributed by atoms with Gasteiger partial charge in [-0.25, -0.2) is 9.79 Å². The van der Waals surface area contributed by atoms with Crippen molar-refractivity contribution in [3.05, 3.63) is 28.3 Å². The number of carbonyl (C=O) groups excluding carboxylic acids is 1. The first-order valence-corrected chi connectivity index (χ1v) is 5.37. The fourth-order valence-corrected chi connectivity index (χ4v) is 1.95. The monoisotopic (exact) mass is 239 g/mol. The maximum atomic E-state index is 10.1. The molecule has 0 radical (unpaired) electrons. The largest absolute Gasteiger partial charge is 0.496 e. The van der Waals surface area contributed by atoms with Crippen LogP contribution in [0.15, 0.2) is 17.1 Å². The quantitative estimate of drug-likeness (QED) is 0.597. The minimum atomic E-state index is 0.282. The van der Waals surface area contributed by atoms with Gasteiger partial charge in [-0.1, -0.05) is 25.4 Å². The molecule has 0 spiro atoms. The maximum absolute atomic E-state index is 10.1. The molecule has 3 nitrogen and oxygen atoms in total. The molecule has 0 bridgehead atoms. The van der Waals surface area contributed by atoms with Gasteiger partial charge in [-0.2, -0.15) is 0 Å². The molecule has 0 saturated carbocycles. The molecule has 0 aliphatic rings. The first-order chi connectivity index (χ1) is 7.60.